The summed E-state index contributed by atoms with van der Waals surface area (Å²) in [7, 11) is -1.18. The molecule has 7 nitrogen and oxygen atoms in total. The van der Waals surface area contributed by atoms with Gasteiger partial charge in [0.25, 0.3) is 0 Å². The summed E-state index contributed by atoms with van der Waals surface area (Å²) in [5.41, 5.74) is 0.428. The molecular formula is C8H15NO6S. The Morgan fingerprint density at radius 1 is 1.56 bits per heavy atom. The normalized spacial score (nSPS) is 9.56. The van der Waals surface area contributed by atoms with E-state index in [0.29, 0.717) is 12.2 Å². The number of carbonyl (C=O) groups excluding carboxylic acids is 1. The summed E-state index contributed by atoms with van der Waals surface area (Å²) in [4.78, 5) is 10.8. The van der Waals surface area contributed by atoms with E-state index in [9.17, 15) is 4.79 Å². The molecule has 0 radical (unpaired) electrons. The topological polar surface area (TPSA) is 107 Å². The molecule has 0 bridgehead atoms. The van der Waals surface area contributed by atoms with Gasteiger partial charge >= 0.3 is 5.97 Å². The Morgan fingerprint density at radius 2 is 1.94 bits per heavy atom. The molecule has 0 saturated carbocycles. The molecule has 0 amide bonds. The molecule has 0 saturated heterocycles. The van der Waals surface area contributed by atoms with Crippen molar-refractivity contribution in [2.45, 2.75) is 6.92 Å². The van der Waals surface area contributed by atoms with Gasteiger partial charge in [0.15, 0.2) is 12.8 Å². The Kier molecular flexibility index (Phi) is 8.54. The van der Waals surface area contributed by atoms with Crippen LogP contribution < -0.4 is 0 Å². The predicted octanol–water partition coefficient (Wildman–Crippen LogP) is -0.547. The molecule has 94 valence electrons. The summed E-state index contributed by atoms with van der Waals surface area (Å²) in [6.45, 7) is 5.38. The van der Waals surface area contributed by atoms with Crippen LogP contribution in [0.2, 0.25) is 0 Å². The number of ether oxygens (including phenoxy) is 1. The summed E-state index contributed by atoms with van der Waals surface area (Å²) in [5, 5.41) is 0. The molecule has 0 aliphatic heterocycles. The highest BCUT2D eigenvalue weighted by atomic mass is 32.3. The van der Waals surface area contributed by atoms with E-state index in [1.54, 1.807) is 13.1 Å². The molecular weight excluding hydrogens is 238 g/mol. The van der Waals surface area contributed by atoms with Crippen molar-refractivity contribution in [3.05, 3.63) is 12.2 Å². The van der Waals surface area contributed by atoms with E-state index in [-0.39, 0.29) is 5.97 Å². The van der Waals surface area contributed by atoms with Gasteiger partial charge in [-0.1, -0.05) is 6.58 Å². The maximum absolute atomic E-state index is 10.8. The predicted molar refractivity (Wildman–Crippen MR) is 56.3 cm³/mol. The molecule has 0 aromatic rings. The number of esters is 1. The number of carbonyl (C=O) groups is 1. The van der Waals surface area contributed by atoms with Crippen LogP contribution in [0.3, 0.4) is 0 Å². The number of nitrogens with zero attached hydrogens (tertiary/aromatic N) is 1. The summed E-state index contributed by atoms with van der Waals surface area (Å²) >= 11 is 0. The van der Waals surface area contributed by atoms with Gasteiger partial charge in [-0.2, -0.15) is 0 Å². The van der Waals surface area contributed by atoms with Crippen LogP contribution in [0.5, 0.6) is 0 Å². The van der Waals surface area contributed by atoms with E-state index in [1.165, 1.54) is 0 Å². The van der Waals surface area contributed by atoms with E-state index in [0.717, 1.165) is 0 Å². The van der Waals surface area contributed by atoms with Crippen molar-refractivity contribution in [2.24, 2.45) is 0 Å². The van der Waals surface area contributed by atoms with Gasteiger partial charge in [-0.3, -0.25) is 4.55 Å². The largest absolute Gasteiger partial charge is 0.726 e. The first-order valence-electron chi connectivity index (χ1n) is 4.04. The Balaban J connectivity index is 0. The van der Waals surface area contributed by atoms with Crippen LogP contribution in [0, 0.1) is 0 Å². The van der Waals surface area contributed by atoms with E-state index in [2.05, 4.69) is 6.58 Å². The zero-order valence-electron chi connectivity index (χ0n) is 9.34. The van der Waals surface area contributed by atoms with Crippen molar-refractivity contribution in [2.75, 3.05) is 20.7 Å². The maximum Gasteiger partial charge on any atom is 0.333 e. The van der Waals surface area contributed by atoms with Crippen molar-refractivity contribution in [1.82, 2.24) is 0 Å². The van der Waals surface area contributed by atoms with Crippen molar-refractivity contribution in [3.63, 3.8) is 0 Å². The Hall–Kier alpha value is -1.25. The molecule has 0 fully saturated rings. The smallest absolute Gasteiger partial charge is 0.333 e. The minimum atomic E-state index is -4.92. The van der Waals surface area contributed by atoms with Gasteiger partial charge < -0.3 is 9.29 Å². The average Bonchev–Trinajstić information content (AvgIpc) is 1.99. The third-order valence-corrected chi connectivity index (χ3v) is 1.00. The van der Waals surface area contributed by atoms with Gasteiger partial charge in [0.2, 0.25) is 10.4 Å². The zero-order chi connectivity index (χ0) is 13.4. The van der Waals surface area contributed by atoms with E-state index in [4.69, 9.17) is 22.3 Å². The van der Waals surface area contributed by atoms with Crippen molar-refractivity contribution in [1.29, 1.82) is 0 Å². The second-order valence-electron chi connectivity index (χ2n) is 2.95. The maximum atomic E-state index is 10.8. The minimum absolute atomic E-state index is 0.304. The number of hydrogen-bond acceptors (Lipinski definition) is 5. The molecule has 1 N–H and O–H groups in total. The lowest BCUT2D eigenvalue weighted by atomic mass is 10.4. The fourth-order valence-electron chi connectivity index (χ4n) is 0.385. The van der Waals surface area contributed by atoms with Gasteiger partial charge in [0, 0.05) is 5.57 Å². The van der Waals surface area contributed by atoms with Crippen LogP contribution in [0.25, 0.3) is 0 Å². The van der Waals surface area contributed by atoms with Crippen molar-refractivity contribution < 1.29 is 31.6 Å². The summed E-state index contributed by atoms with van der Waals surface area (Å²) < 4.78 is 39.4. The fourth-order valence-corrected chi connectivity index (χ4v) is 0.385. The lowest BCUT2D eigenvalue weighted by Gasteiger charge is -1.97. The molecule has 0 unspecified atom stereocenters. The molecule has 0 aromatic carbocycles. The molecule has 0 heterocycles. The molecule has 16 heavy (non-hydrogen) atoms. The Morgan fingerprint density at radius 3 is 2.19 bits per heavy atom. The molecule has 0 aliphatic carbocycles. The molecule has 0 rings (SSSR count). The van der Waals surface area contributed by atoms with Gasteiger partial charge in [0.05, 0.1) is 0 Å². The number of hydrogen-bond donors (Lipinski definition) is 1. The fraction of sp³-hybridized carbons (Fsp3) is 0.500. The SMILES string of the molecule is C=C(C)C(=O)OCC=[N+](C)C.O=S(=O)([O-])O. The first-order chi connectivity index (χ1) is 7.04. The van der Waals surface area contributed by atoms with Crippen LogP contribution in [0.4, 0.5) is 0 Å². The second kappa shape index (κ2) is 7.97. The van der Waals surface area contributed by atoms with Crippen molar-refractivity contribution >= 4 is 22.6 Å². The minimum Gasteiger partial charge on any atom is -0.726 e. The quantitative estimate of drug-likeness (QED) is 0.181. The molecule has 0 spiro atoms. The lowest BCUT2D eigenvalue weighted by molar-refractivity contribution is -0.460. The summed E-state index contributed by atoms with van der Waals surface area (Å²) in [6, 6.07) is 0. The molecule has 0 aromatic heterocycles. The average molecular weight is 253 g/mol. The molecule has 0 aliphatic rings. The van der Waals surface area contributed by atoms with Gasteiger partial charge in [-0.25, -0.2) is 17.8 Å². The van der Waals surface area contributed by atoms with Crippen LogP contribution in [0.15, 0.2) is 12.2 Å². The van der Waals surface area contributed by atoms with Crippen molar-refractivity contribution in [3.8, 4) is 0 Å². The van der Waals surface area contributed by atoms with Crippen LogP contribution in [-0.4, -0.2) is 55.0 Å². The van der Waals surface area contributed by atoms with E-state index < -0.39 is 10.4 Å². The zero-order valence-corrected chi connectivity index (χ0v) is 10.2. The summed E-state index contributed by atoms with van der Waals surface area (Å²) in [6.07, 6.45) is 1.76. The third kappa shape index (κ3) is 23.0. The standard InChI is InChI=1S/C8H14NO2.H2O4S/c1-7(2)8(10)11-6-5-9(3)4;1-5(2,3)4/h5H,1,6H2,2-4H3;(H2,1,2,3,4)/q+1;/p-1. The van der Waals surface area contributed by atoms with E-state index >= 15 is 0 Å². The summed E-state index contributed by atoms with van der Waals surface area (Å²) in [5.74, 6) is -0.344. The van der Waals surface area contributed by atoms with Crippen LogP contribution in [-0.2, 0) is 19.9 Å². The number of rotatable bonds is 3. The van der Waals surface area contributed by atoms with Gasteiger partial charge in [-0.05, 0) is 6.92 Å². The van der Waals surface area contributed by atoms with Crippen LogP contribution in [0.1, 0.15) is 6.92 Å². The highest BCUT2D eigenvalue weighted by molar-refractivity contribution is 7.79. The molecule has 0 atom stereocenters. The second-order valence-corrected chi connectivity index (χ2v) is 3.81. The first kappa shape index (κ1) is 17.2. The Bertz CT molecular complexity index is 358. The molecule has 8 heteroatoms. The van der Waals surface area contributed by atoms with Gasteiger partial charge in [-0.15, -0.1) is 0 Å². The first-order valence-corrected chi connectivity index (χ1v) is 5.41. The van der Waals surface area contributed by atoms with E-state index in [1.807, 2.05) is 18.7 Å². The third-order valence-electron chi connectivity index (χ3n) is 1.00. The highest BCUT2D eigenvalue weighted by Crippen LogP contribution is 1.89. The Labute approximate surface area is 94.6 Å². The van der Waals surface area contributed by atoms with Crippen LogP contribution >= 0.6 is 0 Å². The highest BCUT2D eigenvalue weighted by Gasteiger charge is 2.01. The van der Waals surface area contributed by atoms with Gasteiger partial charge in [0.1, 0.15) is 14.1 Å². The lowest BCUT2D eigenvalue weighted by Crippen LogP contribution is -2.11. The monoisotopic (exact) mass is 253 g/mol.